The zero-order valence-corrected chi connectivity index (χ0v) is 13.4. The summed E-state index contributed by atoms with van der Waals surface area (Å²) < 4.78 is 0. The first-order valence-electron chi connectivity index (χ1n) is 8.30. The average molecular weight is 255 g/mol. The first-order chi connectivity index (χ1) is 8.60. The predicted molar refractivity (Wildman–Crippen MR) is 83.8 cm³/mol. The maximum atomic E-state index is 5.92. The van der Waals surface area contributed by atoms with Gasteiger partial charge in [-0.05, 0) is 30.7 Å². The summed E-state index contributed by atoms with van der Waals surface area (Å²) in [6.45, 7) is 10.2. The SMILES string of the molecule is CCCCCCC(C)(CCCCCC)C(C)CN. The topological polar surface area (TPSA) is 26.0 Å². The summed E-state index contributed by atoms with van der Waals surface area (Å²) in [7, 11) is 0. The van der Waals surface area contributed by atoms with Gasteiger partial charge < -0.3 is 5.73 Å². The van der Waals surface area contributed by atoms with E-state index in [9.17, 15) is 0 Å². The lowest BCUT2D eigenvalue weighted by atomic mass is 9.70. The van der Waals surface area contributed by atoms with Crippen LogP contribution in [0.25, 0.3) is 0 Å². The molecular formula is C17H37N. The molecule has 2 N–H and O–H groups in total. The van der Waals surface area contributed by atoms with Gasteiger partial charge in [0.15, 0.2) is 0 Å². The normalized spacial score (nSPS) is 13.8. The van der Waals surface area contributed by atoms with Crippen molar-refractivity contribution in [3.05, 3.63) is 0 Å². The lowest BCUT2D eigenvalue weighted by Crippen LogP contribution is -2.31. The number of nitrogens with two attached hydrogens (primary N) is 1. The molecule has 0 fully saturated rings. The van der Waals surface area contributed by atoms with Crippen LogP contribution in [-0.2, 0) is 0 Å². The van der Waals surface area contributed by atoms with Crippen molar-refractivity contribution < 1.29 is 0 Å². The van der Waals surface area contributed by atoms with Gasteiger partial charge in [0.1, 0.15) is 0 Å². The van der Waals surface area contributed by atoms with E-state index in [0.29, 0.717) is 11.3 Å². The minimum absolute atomic E-state index is 0.482. The van der Waals surface area contributed by atoms with E-state index >= 15 is 0 Å². The Labute approximate surface area is 116 Å². The average Bonchev–Trinajstić information content (AvgIpc) is 2.39. The molecule has 0 radical (unpaired) electrons. The maximum Gasteiger partial charge on any atom is -0.00463 e. The second kappa shape index (κ2) is 10.8. The standard InChI is InChI=1S/C17H37N/c1-5-7-9-11-13-17(4,16(3)15-18)14-12-10-8-6-2/h16H,5-15,18H2,1-4H3. The lowest BCUT2D eigenvalue weighted by molar-refractivity contribution is 0.160. The molecule has 1 heteroatoms. The van der Waals surface area contributed by atoms with E-state index in [2.05, 4.69) is 27.7 Å². The minimum atomic E-state index is 0.482. The van der Waals surface area contributed by atoms with E-state index in [1.165, 1.54) is 64.2 Å². The summed E-state index contributed by atoms with van der Waals surface area (Å²) in [5, 5.41) is 0. The van der Waals surface area contributed by atoms with Crippen molar-refractivity contribution in [2.24, 2.45) is 17.1 Å². The summed E-state index contributed by atoms with van der Waals surface area (Å²) in [5.41, 5.74) is 6.40. The molecule has 0 aliphatic rings. The molecular weight excluding hydrogens is 218 g/mol. The predicted octanol–water partition coefficient (Wildman–Crippen LogP) is 5.53. The van der Waals surface area contributed by atoms with Crippen molar-refractivity contribution in [2.45, 2.75) is 91.9 Å². The van der Waals surface area contributed by atoms with Gasteiger partial charge in [0.25, 0.3) is 0 Å². The van der Waals surface area contributed by atoms with E-state index < -0.39 is 0 Å². The van der Waals surface area contributed by atoms with Crippen molar-refractivity contribution in [1.29, 1.82) is 0 Å². The van der Waals surface area contributed by atoms with Crippen LogP contribution in [0.2, 0.25) is 0 Å². The quantitative estimate of drug-likeness (QED) is 0.456. The molecule has 0 bridgehead atoms. The van der Waals surface area contributed by atoms with Gasteiger partial charge in [0.2, 0.25) is 0 Å². The number of hydrogen-bond donors (Lipinski definition) is 1. The van der Waals surface area contributed by atoms with Crippen LogP contribution in [0, 0.1) is 11.3 Å². The Morgan fingerprint density at radius 2 is 1.28 bits per heavy atom. The van der Waals surface area contributed by atoms with Crippen LogP contribution in [0.15, 0.2) is 0 Å². The van der Waals surface area contributed by atoms with Crippen LogP contribution < -0.4 is 5.73 Å². The smallest absolute Gasteiger partial charge is 0.00463 e. The molecule has 0 aliphatic heterocycles. The maximum absolute atomic E-state index is 5.92. The van der Waals surface area contributed by atoms with Crippen LogP contribution in [0.1, 0.15) is 91.9 Å². The molecule has 18 heavy (non-hydrogen) atoms. The molecule has 1 atom stereocenters. The van der Waals surface area contributed by atoms with Crippen molar-refractivity contribution >= 4 is 0 Å². The van der Waals surface area contributed by atoms with Crippen LogP contribution >= 0.6 is 0 Å². The summed E-state index contributed by atoms with van der Waals surface area (Å²) in [5.74, 6) is 0.667. The lowest BCUT2D eigenvalue weighted by Gasteiger charge is -2.36. The Morgan fingerprint density at radius 1 is 0.833 bits per heavy atom. The van der Waals surface area contributed by atoms with E-state index in [0.717, 1.165) is 6.54 Å². The van der Waals surface area contributed by atoms with Gasteiger partial charge >= 0.3 is 0 Å². The Hall–Kier alpha value is -0.0400. The highest BCUT2D eigenvalue weighted by Crippen LogP contribution is 2.38. The van der Waals surface area contributed by atoms with Gasteiger partial charge in [-0.3, -0.25) is 0 Å². The highest BCUT2D eigenvalue weighted by Gasteiger charge is 2.28. The molecule has 0 spiro atoms. The van der Waals surface area contributed by atoms with Crippen LogP contribution in [0.4, 0.5) is 0 Å². The Balaban J connectivity index is 4.07. The molecule has 0 amide bonds. The Kier molecular flexibility index (Phi) is 10.8. The zero-order chi connectivity index (χ0) is 13.9. The van der Waals surface area contributed by atoms with Crippen LogP contribution in [0.3, 0.4) is 0 Å². The van der Waals surface area contributed by atoms with Crippen molar-refractivity contribution in [3.8, 4) is 0 Å². The van der Waals surface area contributed by atoms with Gasteiger partial charge in [-0.15, -0.1) is 0 Å². The Bertz CT molecular complexity index is 164. The second-order valence-corrected chi connectivity index (χ2v) is 6.41. The number of unbranched alkanes of at least 4 members (excludes halogenated alkanes) is 6. The summed E-state index contributed by atoms with van der Waals surface area (Å²) in [6, 6.07) is 0. The molecule has 0 saturated heterocycles. The molecule has 0 aromatic heterocycles. The van der Waals surface area contributed by atoms with E-state index in [1.807, 2.05) is 0 Å². The van der Waals surface area contributed by atoms with Crippen molar-refractivity contribution in [1.82, 2.24) is 0 Å². The van der Waals surface area contributed by atoms with Gasteiger partial charge in [0.05, 0.1) is 0 Å². The third kappa shape index (κ3) is 7.41. The fourth-order valence-corrected chi connectivity index (χ4v) is 2.81. The van der Waals surface area contributed by atoms with Crippen molar-refractivity contribution in [3.63, 3.8) is 0 Å². The van der Waals surface area contributed by atoms with E-state index in [4.69, 9.17) is 5.73 Å². The molecule has 0 aromatic rings. The van der Waals surface area contributed by atoms with Gasteiger partial charge in [-0.2, -0.15) is 0 Å². The molecule has 0 saturated carbocycles. The fourth-order valence-electron chi connectivity index (χ4n) is 2.81. The van der Waals surface area contributed by atoms with Crippen LogP contribution in [-0.4, -0.2) is 6.54 Å². The van der Waals surface area contributed by atoms with E-state index in [1.54, 1.807) is 0 Å². The zero-order valence-electron chi connectivity index (χ0n) is 13.4. The highest BCUT2D eigenvalue weighted by molar-refractivity contribution is 4.80. The van der Waals surface area contributed by atoms with Gasteiger partial charge in [-0.1, -0.05) is 79.1 Å². The van der Waals surface area contributed by atoms with Crippen molar-refractivity contribution in [2.75, 3.05) is 6.54 Å². The third-order valence-corrected chi connectivity index (χ3v) is 4.75. The number of hydrogen-bond acceptors (Lipinski definition) is 1. The molecule has 110 valence electrons. The molecule has 1 nitrogen and oxygen atoms in total. The van der Waals surface area contributed by atoms with Gasteiger partial charge in [0, 0.05) is 0 Å². The Morgan fingerprint density at radius 3 is 1.61 bits per heavy atom. The van der Waals surface area contributed by atoms with Crippen LogP contribution in [0.5, 0.6) is 0 Å². The summed E-state index contributed by atoms with van der Waals surface area (Å²) >= 11 is 0. The molecule has 0 aromatic carbocycles. The van der Waals surface area contributed by atoms with Gasteiger partial charge in [-0.25, -0.2) is 0 Å². The minimum Gasteiger partial charge on any atom is -0.330 e. The number of rotatable bonds is 12. The first kappa shape index (κ1) is 18.0. The largest absolute Gasteiger partial charge is 0.330 e. The molecule has 0 rings (SSSR count). The highest BCUT2D eigenvalue weighted by atomic mass is 14.6. The first-order valence-corrected chi connectivity index (χ1v) is 8.30. The summed E-state index contributed by atoms with van der Waals surface area (Å²) in [6.07, 6.45) is 13.8. The molecule has 0 heterocycles. The molecule has 0 aliphatic carbocycles. The summed E-state index contributed by atoms with van der Waals surface area (Å²) in [4.78, 5) is 0. The fraction of sp³-hybridized carbons (Fsp3) is 1.00. The third-order valence-electron chi connectivity index (χ3n) is 4.75. The second-order valence-electron chi connectivity index (χ2n) is 6.41. The monoisotopic (exact) mass is 255 g/mol. The van der Waals surface area contributed by atoms with E-state index in [-0.39, 0.29) is 0 Å². The molecule has 1 unspecified atom stereocenters.